The zero-order valence-corrected chi connectivity index (χ0v) is 15.8. The van der Waals surface area contributed by atoms with E-state index in [2.05, 4.69) is 15.8 Å². The third-order valence-electron chi connectivity index (χ3n) is 6.00. The number of hydrogen-bond donors (Lipinski definition) is 2. The molecule has 1 aliphatic heterocycles. The molecule has 3 fully saturated rings. The van der Waals surface area contributed by atoms with Crippen LogP contribution in [0.1, 0.15) is 36.0 Å². The van der Waals surface area contributed by atoms with E-state index in [1.54, 1.807) is 0 Å². The molecular formula is C19H19N5O6. The number of benzene rings is 1. The van der Waals surface area contributed by atoms with E-state index in [4.69, 9.17) is 0 Å². The second-order valence-electron chi connectivity index (χ2n) is 7.75. The minimum atomic E-state index is -1.32. The number of carbonyl (C=O) groups is 4. The summed E-state index contributed by atoms with van der Waals surface area (Å²) >= 11 is 0. The van der Waals surface area contributed by atoms with Crippen LogP contribution in [0.5, 0.6) is 0 Å². The summed E-state index contributed by atoms with van der Waals surface area (Å²) in [5, 5.41) is 16.5. The molecular weight excluding hydrogens is 394 g/mol. The summed E-state index contributed by atoms with van der Waals surface area (Å²) in [7, 11) is 0. The molecule has 2 aliphatic carbocycles. The van der Waals surface area contributed by atoms with Crippen LogP contribution in [0.15, 0.2) is 29.4 Å². The van der Waals surface area contributed by atoms with Gasteiger partial charge < -0.3 is 0 Å². The zero-order valence-electron chi connectivity index (χ0n) is 15.8. The first-order chi connectivity index (χ1) is 14.3. The Morgan fingerprint density at radius 1 is 1.20 bits per heavy atom. The molecule has 1 aromatic carbocycles. The molecule has 0 unspecified atom stereocenters. The summed E-state index contributed by atoms with van der Waals surface area (Å²) in [5.74, 6) is -2.65. The molecule has 1 heterocycles. The summed E-state index contributed by atoms with van der Waals surface area (Å²) in [6, 6.07) is 3.95. The van der Waals surface area contributed by atoms with Gasteiger partial charge in [0.25, 0.3) is 11.6 Å². The molecule has 30 heavy (non-hydrogen) atoms. The first-order valence-corrected chi connectivity index (χ1v) is 9.61. The van der Waals surface area contributed by atoms with Crippen LogP contribution in [0.4, 0.5) is 10.5 Å². The van der Waals surface area contributed by atoms with E-state index in [0.29, 0.717) is 5.92 Å². The summed E-state index contributed by atoms with van der Waals surface area (Å²) in [4.78, 5) is 60.6. The normalized spacial score (nSPS) is 28.1. The Morgan fingerprint density at radius 3 is 2.53 bits per heavy atom. The number of nitrogens with zero attached hydrogens (tertiary/aromatic N) is 3. The largest absolute Gasteiger partial charge is 0.331 e. The lowest BCUT2D eigenvalue weighted by Gasteiger charge is -2.36. The van der Waals surface area contributed by atoms with Gasteiger partial charge in [0, 0.05) is 30.0 Å². The van der Waals surface area contributed by atoms with Gasteiger partial charge in [0.15, 0.2) is 5.92 Å². The molecule has 4 atom stereocenters. The van der Waals surface area contributed by atoms with E-state index < -0.39 is 34.6 Å². The van der Waals surface area contributed by atoms with Gasteiger partial charge in [0.2, 0.25) is 11.8 Å². The Kier molecular flexibility index (Phi) is 5.02. The summed E-state index contributed by atoms with van der Waals surface area (Å²) in [6.07, 6.45) is 4.79. The highest BCUT2D eigenvalue weighted by atomic mass is 16.6. The summed E-state index contributed by atoms with van der Waals surface area (Å²) in [5.41, 5.74) is 2.14. The van der Waals surface area contributed by atoms with Gasteiger partial charge in [-0.25, -0.2) is 10.2 Å². The lowest BCUT2D eigenvalue weighted by molar-refractivity contribution is -0.384. The van der Waals surface area contributed by atoms with Crippen molar-refractivity contribution in [3.8, 4) is 0 Å². The van der Waals surface area contributed by atoms with Crippen molar-refractivity contribution in [3.05, 3.63) is 39.9 Å². The first-order valence-electron chi connectivity index (χ1n) is 9.61. The molecule has 3 aliphatic rings. The Labute approximate surface area is 170 Å². The number of hydrazone groups is 1. The van der Waals surface area contributed by atoms with Crippen LogP contribution in [0.2, 0.25) is 0 Å². The number of hydrogen-bond acceptors (Lipinski definition) is 7. The van der Waals surface area contributed by atoms with E-state index in [1.165, 1.54) is 24.3 Å². The molecule has 156 valence electrons. The molecule has 11 nitrogen and oxygen atoms in total. The van der Waals surface area contributed by atoms with Crippen LogP contribution in [0.3, 0.4) is 0 Å². The highest BCUT2D eigenvalue weighted by Gasteiger charge is 2.50. The van der Waals surface area contributed by atoms with Crippen molar-refractivity contribution < 1.29 is 24.1 Å². The number of nitro benzene ring substituents is 1. The van der Waals surface area contributed by atoms with Crippen LogP contribution in [-0.2, 0) is 9.59 Å². The fraction of sp³-hybridized carbons (Fsp3) is 0.421. The van der Waals surface area contributed by atoms with Gasteiger partial charge in [-0.3, -0.25) is 34.7 Å². The predicted molar refractivity (Wildman–Crippen MR) is 102 cm³/mol. The van der Waals surface area contributed by atoms with E-state index in [1.807, 2.05) is 0 Å². The highest BCUT2D eigenvalue weighted by molar-refractivity contribution is 6.23. The fourth-order valence-electron chi connectivity index (χ4n) is 4.55. The molecule has 0 aromatic heterocycles. The minimum Gasteiger partial charge on any atom is -0.277 e. The van der Waals surface area contributed by atoms with Gasteiger partial charge >= 0.3 is 6.03 Å². The third kappa shape index (κ3) is 3.53. The fourth-order valence-corrected chi connectivity index (χ4v) is 4.55. The van der Waals surface area contributed by atoms with Gasteiger partial charge in [-0.1, -0.05) is 6.42 Å². The number of barbiturate groups is 1. The summed E-state index contributed by atoms with van der Waals surface area (Å²) < 4.78 is 0. The Bertz CT molecular complexity index is 959. The number of amides is 5. The van der Waals surface area contributed by atoms with Crippen molar-refractivity contribution in [2.24, 2.45) is 22.9 Å². The maximum atomic E-state index is 12.8. The van der Waals surface area contributed by atoms with Crippen molar-refractivity contribution in [1.29, 1.82) is 0 Å². The number of rotatable bonds is 5. The number of urea groups is 1. The van der Waals surface area contributed by atoms with Crippen molar-refractivity contribution in [2.45, 2.75) is 31.7 Å². The molecule has 1 aromatic rings. The SMILES string of the molecule is O=C(N/N=C\[C@H]1C(=O)NC(=O)N([C@@H]2C[C@H]3CC[C@H]2C3)C1=O)c1ccc([N+](=O)[O-])cc1. The monoisotopic (exact) mass is 413 g/mol. The minimum absolute atomic E-state index is 0.121. The number of nitro groups is 1. The number of carbonyl (C=O) groups excluding carboxylic acids is 4. The first kappa shape index (κ1) is 19.7. The van der Waals surface area contributed by atoms with E-state index in [-0.39, 0.29) is 23.2 Å². The number of nitrogens with one attached hydrogen (secondary N) is 2. The van der Waals surface area contributed by atoms with Gasteiger partial charge in [-0.2, -0.15) is 5.10 Å². The number of non-ortho nitro benzene ring substituents is 1. The molecule has 0 spiro atoms. The predicted octanol–water partition coefficient (Wildman–Crippen LogP) is 1.19. The van der Waals surface area contributed by atoms with Crippen LogP contribution in [-0.4, -0.2) is 45.8 Å². The molecule has 5 amide bonds. The van der Waals surface area contributed by atoms with Gasteiger partial charge in [0.1, 0.15) is 0 Å². The van der Waals surface area contributed by atoms with Crippen molar-refractivity contribution >= 4 is 35.7 Å². The van der Waals surface area contributed by atoms with E-state index >= 15 is 0 Å². The van der Waals surface area contributed by atoms with Crippen LogP contribution < -0.4 is 10.7 Å². The quantitative estimate of drug-likeness (QED) is 0.320. The third-order valence-corrected chi connectivity index (χ3v) is 6.00. The Morgan fingerprint density at radius 2 is 1.93 bits per heavy atom. The standard InChI is InChI=1S/C19H19N5O6/c25-16(11-3-5-13(6-4-11)24(29)30)22-20-9-14-17(26)21-19(28)23(18(14)27)15-8-10-1-2-12(15)7-10/h3-6,9-10,12,14-15H,1-2,7-8H2,(H,22,25)(H,21,26,28)/b20-9-/t10-,12-,14-,15+/m0/s1. The van der Waals surface area contributed by atoms with Gasteiger partial charge in [-0.05, 0) is 43.2 Å². The maximum Gasteiger partial charge on any atom is 0.331 e. The van der Waals surface area contributed by atoms with Crippen LogP contribution >= 0.6 is 0 Å². The van der Waals surface area contributed by atoms with Crippen molar-refractivity contribution in [1.82, 2.24) is 15.6 Å². The smallest absolute Gasteiger partial charge is 0.277 e. The van der Waals surface area contributed by atoms with E-state index in [0.717, 1.165) is 36.8 Å². The molecule has 2 N–H and O–H groups in total. The number of fused-ring (bicyclic) bond motifs is 2. The second-order valence-corrected chi connectivity index (χ2v) is 7.75. The number of imide groups is 2. The maximum absolute atomic E-state index is 12.8. The molecule has 0 radical (unpaired) electrons. The zero-order chi connectivity index (χ0) is 21.4. The average molecular weight is 413 g/mol. The highest BCUT2D eigenvalue weighted by Crippen LogP contribution is 2.47. The molecule has 4 rings (SSSR count). The molecule has 11 heteroatoms. The molecule has 1 saturated heterocycles. The molecule has 2 saturated carbocycles. The average Bonchev–Trinajstić information content (AvgIpc) is 3.34. The molecule has 2 bridgehead atoms. The van der Waals surface area contributed by atoms with Crippen molar-refractivity contribution in [2.75, 3.05) is 0 Å². The lowest BCUT2D eigenvalue weighted by atomic mass is 9.92. The second kappa shape index (κ2) is 7.65. The van der Waals surface area contributed by atoms with Crippen molar-refractivity contribution in [3.63, 3.8) is 0 Å². The Balaban J connectivity index is 1.42. The van der Waals surface area contributed by atoms with Crippen LogP contribution in [0, 0.1) is 27.9 Å². The van der Waals surface area contributed by atoms with Crippen LogP contribution in [0.25, 0.3) is 0 Å². The summed E-state index contributed by atoms with van der Waals surface area (Å²) in [6.45, 7) is 0. The van der Waals surface area contributed by atoms with Gasteiger partial charge in [0.05, 0.1) is 4.92 Å². The Hall–Kier alpha value is -3.63. The van der Waals surface area contributed by atoms with Gasteiger partial charge in [-0.15, -0.1) is 0 Å². The lowest BCUT2D eigenvalue weighted by Crippen LogP contribution is -2.62. The van der Waals surface area contributed by atoms with E-state index in [9.17, 15) is 29.3 Å². The topological polar surface area (TPSA) is 151 Å².